The molecule has 0 atom stereocenters. The van der Waals surface area contributed by atoms with E-state index in [0.717, 1.165) is 5.41 Å². The normalized spacial score (nSPS) is 11.5. The van der Waals surface area contributed by atoms with E-state index in [1.54, 1.807) is 56.3 Å². The van der Waals surface area contributed by atoms with Gasteiger partial charge >= 0.3 is 0 Å². The second-order valence-corrected chi connectivity index (χ2v) is 10.0. The van der Waals surface area contributed by atoms with Crippen molar-refractivity contribution < 1.29 is 17.5 Å². The van der Waals surface area contributed by atoms with E-state index in [9.17, 15) is 17.6 Å². The van der Waals surface area contributed by atoms with Crippen LogP contribution < -0.4 is 10.3 Å². The Bertz CT molecular complexity index is 1580. The molecule has 174 valence electrons. The number of aryl methyl sites for hydroxylation is 3. The fourth-order valence-corrected chi connectivity index (χ4v) is 4.77. The maximum absolute atomic E-state index is 13.9. The first kappa shape index (κ1) is 23.4. The van der Waals surface area contributed by atoms with Gasteiger partial charge in [0.1, 0.15) is 23.0 Å². The summed E-state index contributed by atoms with van der Waals surface area (Å²) in [5.41, 5.74) is 2.17. The van der Waals surface area contributed by atoms with Gasteiger partial charge in [-0.3, -0.25) is 4.79 Å². The molecule has 1 aromatic heterocycles. The first-order valence-corrected chi connectivity index (χ1v) is 12.2. The molecule has 0 saturated carbocycles. The molecule has 4 rings (SSSR count). The zero-order chi connectivity index (χ0) is 24.6. The summed E-state index contributed by atoms with van der Waals surface area (Å²) in [5.74, 6) is 0.0917. The minimum Gasteiger partial charge on any atom is -0.456 e. The van der Waals surface area contributed by atoms with Crippen LogP contribution in [0.15, 0.2) is 71.4 Å². The number of benzene rings is 3. The summed E-state index contributed by atoms with van der Waals surface area (Å²) in [6.45, 7) is 6.88. The van der Waals surface area contributed by atoms with Crippen LogP contribution in [0.2, 0.25) is 0 Å². The average Bonchev–Trinajstić information content (AvgIpc) is 2.79. The molecule has 0 saturated heterocycles. The van der Waals surface area contributed by atoms with Crippen molar-refractivity contribution in [3.05, 3.63) is 99.4 Å². The molecule has 0 N–H and O–H groups in total. The highest BCUT2D eigenvalue weighted by Gasteiger charge is 2.22. The third kappa shape index (κ3) is 4.36. The molecular formula is C26H23FN2O4S. The van der Waals surface area contributed by atoms with Gasteiger partial charge in [0.25, 0.3) is 5.56 Å². The predicted octanol–water partition coefficient (Wildman–Crippen LogP) is 5.21. The summed E-state index contributed by atoms with van der Waals surface area (Å²) in [4.78, 5) is 12.7. The monoisotopic (exact) mass is 478 g/mol. The minimum absolute atomic E-state index is 0.275. The van der Waals surface area contributed by atoms with Crippen LogP contribution >= 0.6 is 0 Å². The molecule has 3 aromatic carbocycles. The summed E-state index contributed by atoms with van der Waals surface area (Å²) >= 11 is 0. The lowest BCUT2D eigenvalue weighted by atomic mass is 9.99. The van der Waals surface area contributed by atoms with Gasteiger partial charge in [0.05, 0.1) is 11.1 Å². The van der Waals surface area contributed by atoms with E-state index >= 15 is 0 Å². The first-order valence-electron chi connectivity index (χ1n) is 10.5. The van der Waals surface area contributed by atoms with E-state index in [-0.39, 0.29) is 17.1 Å². The van der Waals surface area contributed by atoms with Gasteiger partial charge < -0.3 is 4.74 Å². The van der Waals surface area contributed by atoms with E-state index in [4.69, 9.17) is 4.74 Å². The van der Waals surface area contributed by atoms with Gasteiger partial charge in [-0.25, -0.2) is 17.5 Å². The number of nitrogens with zero attached hydrogens (tertiary/aromatic N) is 2. The van der Waals surface area contributed by atoms with Crippen molar-refractivity contribution in [1.82, 2.24) is 9.78 Å². The van der Waals surface area contributed by atoms with Gasteiger partial charge in [0.15, 0.2) is 9.84 Å². The van der Waals surface area contributed by atoms with Gasteiger partial charge in [-0.1, -0.05) is 36.9 Å². The van der Waals surface area contributed by atoms with Crippen molar-refractivity contribution in [1.29, 1.82) is 0 Å². The highest BCUT2D eigenvalue weighted by atomic mass is 32.2. The number of hydrogen-bond acceptors (Lipinski definition) is 5. The second kappa shape index (κ2) is 8.87. The quantitative estimate of drug-likeness (QED) is 0.380. The Morgan fingerprint density at radius 2 is 1.71 bits per heavy atom. The molecule has 0 radical (unpaired) electrons. The molecule has 0 fully saturated rings. The Morgan fingerprint density at radius 1 is 1.06 bits per heavy atom. The maximum atomic E-state index is 13.9. The van der Waals surface area contributed by atoms with Crippen LogP contribution in [0.5, 0.6) is 11.5 Å². The van der Waals surface area contributed by atoms with Crippen molar-refractivity contribution >= 4 is 20.6 Å². The summed E-state index contributed by atoms with van der Waals surface area (Å²) in [6, 6.07) is 14.8. The number of hydrogen-bond donors (Lipinski definition) is 0. The predicted molar refractivity (Wildman–Crippen MR) is 131 cm³/mol. The summed E-state index contributed by atoms with van der Waals surface area (Å²) < 4.78 is 46.3. The van der Waals surface area contributed by atoms with Crippen LogP contribution in [0.1, 0.15) is 16.7 Å². The van der Waals surface area contributed by atoms with E-state index in [1.165, 1.54) is 23.9 Å². The van der Waals surface area contributed by atoms with Crippen LogP contribution in [0.3, 0.4) is 0 Å². The molecule has 0 aliphatic rings. The lowest BCUT2D eigenvalue weighted by Gasteiger charge is -2.19. The molecule has 0 bridgehead atoms. The number of halogens is 1. The third-order valence-corrected chi connectivity index (χ3v) is 6.77. The van der Waals surface area contributed by atoms with Crippen molar-refractivity contribution in [2.24, 2.45) is 7.05 Å². The molecule has 0 amide bonds. The Kier molecular flexibility index (Phi) is 6.10. The molecule has 1 heterocycles. The standard InChI is InChI=1S/C26H23FN2O4S/c1-5-34(31,32)15-18-9-8-12-22(33-25-16(2)13-19(27)14-17(25)3)23(18)24-20-10-6-7-11-21(20)26(30)29(4)28-24/h5-14H,1,15H2,2-4H3. The highest BCUT2D eigenvalue weighted by Crippen LogP contribution is 2.40. The number of fused-ring (bicyclic) bond motifs is 1. The Hall–Kier alpha value is -3.78. The molecule has 8 heteroatoms. The molecule has 0 unspecified atom stereocenters. The maximum Gasteiger partial charge on any atom is 0.274 e. The second-order valence-electron chi connectivity index (χ2n) is 8.06. The van der Waals surface area contributed by atoms with Crippen LogP contribution in [-0.4, -0.2) is 18.2 Å². The van der Waals surface area contributed by atoms with Crippen molar-refractivity contribution in [2.45, 2.75) is 19.6 Å². The summed E-state index contributed by atoms with van der Waals surface area (Å²) in [7, 11) is -2.09. The number of ether oxygens (including phenoxy) is 1. The molecule has 0 spiro atoms. The number of aromatic nitrogens is 2. The van der Waals surface area contributed by atoms with Crippen LogP contribution in [0.25, 0.3) is 22.0 Å². The zero-order valence-corrected chi connectivity index (χ0v) is 19.8. The summed E-state index contributed by atoms with van der Waals surface area (Å²) in [6.07, 6.45) is 0. The summed E-state index contributed by atoms with van der Waals surface area (Å²) in [5, 5.41) is 6.40. The molecular weight excluding hydrogens is 455 g/mol. The van der Waals surface area contributed by atoms with Gasteiger partial charge in [-0.05, 0) is 54.8 Å². The zero-order valence-electron chi connectivity index (χ0n) is 19.0. The topological polar surface area (TPSA) is 78.3 Å². The van der Waals surface area contributed by atoms with Crippen molar-refractivity contribution in [3.63, 3.8) is 0 Å². The molecule has 0 aliphatic heterocycles. The van der Waals surface area contributed by atoms with E-state index in [2.05, 4.69) is 11.7 Å². The first-order chi connectivity index (χ1) is 16.1. The molecule has 34 heavy (non-hydrogen) atoms. The highest BCUT2D eigenvalue weighted by molar-refractivity contribution is 7.93. The minimum atomic E-state index is -3.62. The lowest BCUT2D eigenvalue weighted by molar-refractivity contribution is 0.473. The van der Waals surface area contributed by atoms with Crippen molar-refractivity contribution in [2.75, 3.05) is 0 Å². The Labute approximate surface area is 196 Å². The van der Waals surface area contributed by atoms with Crippen LogP contribution in [0.4, 0.5) is 4.39 Å². The average molecular weight is 479 g/mol. The smallest absolute Gasteiger partial charge is 0.274 e. The molecule has 6 nitrogen and oxygen atoms in total. The van der Waals surface area contributed by atoms with Crippen LogP contribution in [0, 0.1) is 19.7 Å². The number of sulfone groups is 1. The van der Waals surface area contributed by atoms with Crippen LogP contribution in [-0.2, 0) is 22.6 Å². The third-order valence-electron chi connectivity index (χ3n) is 5.55. The Balaban J connectivity index is 2.05. The largest absolute Gasteiger partial charge is 0.456 e. The van der Waals surface area contributed by atoms with Gasteiger partial charge in [-0.15, -0.1) is 0 Å². The van der Waals surface area contributed by atoms with Crippen molar-refractivity contribution in [3.8, 4) is 22.8 Å². The SMILES string of the molecule is C=CS(=O)(=O)Cc1cccc(Oc2c(C)cc(F)cc2C)c1-c1nn(C)c(=O)c2ccccc12. The van der Waals surface area contributed by atoms with Gasteiger partial charge in [-0.2, -0.15) is 5.10 Å². The number of rotatable bonds is 6. The molecule has 4 aromatic rings. The van der Waals surface area contributed by atoms with Gasteiger partial charge in [0.2, 0.25) is 0 Å². The lowest BCUT2D eigenvalue weighted by Crippen LogP contribution is -2.20. The fourth-order valence-electron chi connectivity index (χ4n) is 3.98. The van der Waals surface area contributed by atoms with Gasteiger partial charge in [0, 0.05) is 23.4 Å². The van der Waals surface area contributed by atoms with E-state index in [0.29, 0.717) is 50.2 Å². The van der Waals surface area contributed by atoms with E-state index < -0.39 is 9.84 Å². The van der Waals surface area contributed by atoms with E-state index in [1.807, 2.05) is 0 Å². The Morgan fingerprint density at radius 3 is 2.35 bits per heavy atom. The fraction of sp³-hybridized carbons (Fsp3) is 0.154. The molecule has 0 aliphatic carbocycles.